The molecule has 0 unspecified atom stereocenters. The summed E-state index contributed by atoms with van der Waals surface area (Å²) in [5.41, 5.74) is 10.8. The minimum atomic E-state index is 0.743. The van der Waals surface area contributed by atoms with E-state index in [1.165, 1.54) is 21.5 Å². The van der Waals surface area contributed by atoms with E-state index in [0.29, 0.717) is 0 Å². The summed E-state index contributed by atoms with van der Waals surface area (Å²) < 4.78 is 0. The molecule has 0 aliphatic rings. The second-order valence-corrected chi connectivity index (χ2v) is 15.1. The smallest absolute Gasteiger partial charge is 0.0468 e. The zero-order valence-corrected chi connectivity index (χ0v) is 34.9. The van der Waals surface area contributed by atoms with E-state index < -0.39 is 0 Å². The van der Waals surface area contributed by atoms with Crippen molar-refractivity contribution in [1.82, 2.24) is 0 Å². The van der Waals surface area contributed by atoms with Gasteiger partial charge in [-0.2, -0.15) is 0 Å². The van der Waals surface area contributed by atoms with Crippen molar-refractivity contribution in [2.24, 2.45) is 0 Å². The summed E-state index contributed by atoms with van der Waals surface area (Å²) in [5, 5.41) is 4.85. The lowest BCUT2D eigenvalue weighted by Crippen LogP contribution is -2.16. The molecule has 300 valence electrons. The topological polar surface area (TPSA) is 13.0 Å². The molecule has 0 N–H and O–H groups in total. The molecule has 0 atom stereocenters. The maximum Gasteiger partial charge on any atom is 0.0468 e. The van der Waals surface area contributed by atoms with E-state index in [1.54, 1.807) is 0 Å². The van der Waals surface area contributed by atoms with Crippen LogP contribution >= 0.6 is 0 Å². The van der Waals surface area contributed by atoms with Crippen molar-refractivity contribution in [3.05, 3.63) is 255 Å². The van der Waals surface area contributed by atoms with Crippen molar-refractivity contribution in [2.45, 2.75) is 6.92 Å². The highest BCUT2D eigenvalue weighted by Gasteiger charge is 2.19. The molecule has 0 amide bonds. The summed E-state index contributed by atoms with van der Waals surface area (Å²) >= 11 is 0. The van der Waals surface area contributed by atoms with Crippen LogP contribution in [0.15, 0.2) is 255 Å². The van der Waals surface area contributed by atoms with Crippen molar-refractivity contribution < 1.29 is 0 Å². The molecule has 4 heteroatoms. The van der Waals surface area contributed by atoms with Crippen LogP contribution in [-0.2, 0) is 0 Å². The molecule has 0 aliphatic carbocycles. The SMILES string of the molecule is C=C/C=C/CN(/C=C/C)c1ccc(N(c2ccc(N(c3ccccc3)c3ccc4ccccc4c3)cc2)c2ccc(N(c3ccccc3)c3ccc4ccccc4c3)cc2)cc1. The molecule has 0 saturated carbocycles. The third-order valence-electron chi connectivity index (χ3n) is 11.1. The molecule has 9 aromatic rings. The number of rotatable bonds is 14. The van der Waals surface area contributed by atoms with Crippen LogP contribution in [-0.4, -0.2) is 6.54 Å². The predicted octanol–water partition coefficient (Wildman–Crippen LogP) is 16.5. The summed E-state index contributed by atoms with van der Waals surface area (Å²) in [7, 11) is 0. The van der Waals surface area contributed by atoms with Crippen molar-refractivity contribution in [2.75, 3.05) is 26.1 Å². The van der Waals surface area contributed by atoms with E-state index in [0.717, 1.165) is 63.4 Å². The average molecular weight is 801 g/mol. The van der Waals surface area contributed by atoms with Gasteiger partial charge in [-0.25, -0.2) is 0 Å². The minimum Gasteiger partial charge on any atom is -0.344 e. The number of hydrogen-bond donors (Lipinski definition) is 0. The monoisotopic (exact) mass is 800 g/mol. The lowest BCUT2D eigenvalue weighted by molar-refractivity contribution is 1.08. The number of hydrogen-bond acceptors (Lipinski definition) is 4. The van der Waals surface area contributed by atoms with Gasteiger partial charge >= 0.3 is 0 Å². The van der Waals surface area contributed by atoms with E-state index in [9.17, 15) is 0 Å². The van der Waals surface area contributed by atoms with Crippen LogP contribution in [0.2, 0.25) is 0 Å². The van der Waals surface area contributed by atoms with E-state index in [1.807, 2.05) is 19.1 Å². The first-order chi connectivity index (χ1) is 30.7. The van der Waals surface area contributed by atoms with Gasteiger partial charge in [-0.05, 0) is 150 Å². The number of anilines is 10. The summed E-state index contributed by atoms with van der Waals surface area (Å²) in [4.78, 5) is 9.21. The Bertz CT molecular complexity index is 2790. The van der Waals surface area contributed by atoms with Crippen LogP contribution in [0.3, 0.4) is 0 Å². The second-order valence-electron chi connectivity index (χ2n) is 15.1. The molecule has 0 radical (unpaired) electrons. The molecule has 0 spiro atoms. The Hall–Kier alpha value is -8.08. The summed E-state index contributed by atoms with van der Waals surface area (Å²) in [6.45, 7) is 6.63. The lowest BCUT2D eigenvalue weighted by atomic mass is 10.1. The third-order valence-corrected chi connectivity index (χ3v) is 11.1. The molecule has 9 aromatic carbocycles. The molecule has 4 nitrogen and oxygen atoms in total. The fourth-order valence-electron chi connectivity index (χ4n) is 8.13. The Kier molecular flexibility index (Phi) is 11.7. The van der Waals surface area contributed by atoms with Crippen molar-refractivity contribution in [3.8, 4) is 0 Å². The maximum atomic E-state index is 3.84. The largest absolute Gasteiger partial charge is 0.344 e. The average Bonchev–Trinajstić information content (AvgIpc) is 3.33. The van der Waals surface area contributed by atoms with Gasteiger partial charge < -0.3 is 19.6 Å². The molecule has 0 saturated heterocycles. The normalized spacial score (nSPS) is 11.3. The molecule has 0 aliphatic heterocycles. The predicted molar refractivity (Wildman–Crippen MR) is 267 cm³/mol. The summed E-state index contributed by atoms with van der Waals surface area (Å²) in [6.07, 6.45) is 10.1. The van der Waals surface area contributed by atoms with Gasteiger partial charge in [0.05, 0.1) is 0 Å². The van der Waals surface area contributed by atoms with Crippen LogP contribution in [0.25, 0.3) is 21.5 Å². The second kappa shape index (κ2) is 18.5. The zero-order valence-electron chi connectivity index (χ0n) is 34.9. The molecule has 9 rings (SSSR count). The molecular formula is C58H48N4. The fourth-order valence-corrected chi connectivity index (χ4v) is 8.13. The molecule has 0 aromatic heterocycles. The van der Waals surface area contributed by atoms with E-state index in [2.05, 4.69) is 263 Å². The van der Waals surface area contributed by atoms with E-state index in [-0.39, 0.29) is 0 Å². The lowest BCUT2D eigenvalue weighted by Gasteiger charge is -2.30. The van der Waals surface area contributed by atoms with Gasteiger partial charge in [0.1, 0.15) is 0 Å². The van der Waals surface area contributed by atoms with Gasteiger partial charge in [-0.1, -0.05) is 128 Å². The van der Waals surface area contributed by atoms with Gasteiger partial charge in [-0.3, -0.25) is 0 Å². The highest BCUT2D eigenvalue weighted by molar-refractivity contribution is 5.91. The number of fused-ring (bicyclic) bond motifs is 2. The van der Waals surface area contributed by atoms with Gasteiger partial charge in [0.15, 0.2) is 0 Å². The van der Waals surface area contributed by atoms with Crippen LogP contribution in [0.1, 0.15) is 6.92 Å². The first kappa shape index (κ1) is 39.4. The van der Waals surface area contributed by atoms with Gasteiger partial charge in [0.2, 0.25) is 0 Å². The molecule has 0 fully saturated rings. The highest BCUT2D eigenvalue weighted by Crippen LogP contribution is 2.42. The molecule has 62 heavy (non-hydrogen) atoms. The van der Waals surface area contributed by atoms with Crippen LogP contribution in [0.5, 0.6) is 0 Å². The maximum absolute atomic E-state index is 3.84. The molecule has 0 bridgehead atoms. The van der Waals surface area contributed by atoms with E-state index in [4.69, 9.17) is 0 Å². The Morgan fingerprint density at radius 3 is 1.06 bits per heavy atom. The zero-order chi connectivity index (χ0) is 42.1. The fraction of sp³-hybridized carbons (Fsp3) is 0.0345. The molecular weight excluding hydrogens is 753 g/mol. The van der Waals surface area contributed by atoms with Crippen molar-refractivity contribution >= 4 is 78.4 Å². The summed E-state index contributed by atoms with van der Waals surface area (Å²) in [5.74, 6) is 0. The quantitative estimate of drug-likeness (QED) is 0.102. The Labute approximate surface area is 365 Å². The number of nitrogens with zero attached hydrogens (tertiary/aromatic N) is 4. The Morgan fingerprint density at radius 2 is 0.677 bits per heavy atom. The van der Waals surface area contributed by atoms with Crippen LogP contribution < -0.4 is 19.6 Å². The van der Waals surface area contributed by atoms with Crippen molar-refractivity contribution in [1.29, 1.82) is 0 Å². The van der Waals surface area contributed by atoms with E-state index >= 15 is 0 Å². The standard InChI is InChI=1S/C58H48N4/c1-3-5-16-42-59(41-4-2)49-29-31-52(32-30-49)60(53-33-37-55(38-34-53)61(50-21-8-6-9-22-50)57-27-25-45-17-12-14-19-47(45)43-57)54-35-39-56(40-36-54)62(51-23-10-7-11-24-51)58-28-26-46-18-13-15-20-48(46)44-58/h3-41,43-44H,1,42H2,2H3/b16-5+,41-4+. The van der Waals surface area contributed by atoms with Crippen LogP contribution in [0, 0.1) is 0 Å². The highest BCUT2D eigenvalue weighted by atomic mass is 15.2. The Morgan fingerprint density at radius 1 is 0.355 bits per heavy atom. The first-order valence-electron chi connectivity index (χ1n) is 21.1. The van der Waals surface area contributed by atoms with Gasteiger partial charge in [0.25, 0.3) is 0 Å². The Balaban J connectivity index is 1.12. The number of allylic oxidation sites excluding steroid dienone is 3. The van der Waals surface area contributed by atoms with Gasteiger partial charge in [-0.15, -0.1) is 0 Å². The van der Waals surface area contributed by atoms with Gasteiger partial charge in [0, 0.05) is 69.6 Å². The summed E-state index contributed by atoms with van der Waals surface area (Å²) in [6, 6.07) is 78.2. The third kappa shape index (κ3) is 8.49. The molecule has 0 heterocycles. The van der Waals surface area contributed by atoms with Crippen molar-refractivity contribution in [3.63, 3.8) is 0 Å². The first-order valence-corrected chi connectivity index (χ1v) is 21.1. The number of benzene rings is 9. The minimum absolute atomic E-state index is 0.743. The van der Waals surface area contributed by atoms with Crippen LogP contribution in [0.4, 0.5) is 56.9 Å². The number of para-hydroxylation sites is 2.